The van der Waals surface area contributed by atoms with E-state index in [0.717, 1.165) is 0 Å². The first-order valence-electron chi connectivity index (χ1n) is 3.73. The van der Waals surface area contributed by atoms with Gasteiger partial charge in [0.05, 0.1) is 23.9 Å². The van der Waals surface area contributed by atoms with E-state index in [1.54, 1.807) is 0 Å². The zero-order chi connectivity index (χ0) is 10.7. The lowest BCUT2D eigenvalue weighted by Crippen LogP contribution is -2.04. The number of halogens is 4. The second-order valence-electron chi connectivity index (χ2n) is 2.55. The fourth-order valence-electron chi connectivity index (χ4n) is 0.993. The number of rotatable bonds is 3. The highest BCUT2D eigenvalue weighted by molar-refractivity contribution is 6.16. The Balaban J connectivity index is 3.24. The van der Waals surface area contributed by atoms with Gasteiger partial charge in [-0.3, -0.25) is 4.98 Å². The molecule has 0 saturated heterocycles. The highest BCUT2D eigenvalue weighted by atomic mass is 35.5. The Bertz CT molecular complexity index is 333. The van der Waals surface area contributed by atoms with Crippen molar-refractivity contribution in [2.45, 2.75) is 18.9 Å². The Hall–Kier alpha value is -0.810. The SMILES string of the molecule is OCc1nc(CCl)c(F)cc1C(F)F. The molecule has 0 atom stereocenters. The van der Waals surface area contributed by atoms with Crippen LogP contribution in [0.15, 0.2) is 6.07 Å². The normalized spacial score (nSPS) is 11.0. The molecule has 1 heterocycles. The number of hydrogen-bond acceptors (Lipinski definition) is 2. The van der Waals surface area contributed by atoms with Crippen LogP contribution in [0.5, 0.6) is 0 Å². The second kappa shape index (κ2) is 4.61. The van der Waals surface area contributed by atoms with E-state index in [4.69, 9.17) is 16.7 Å². The molecule has 1 aromatic rings. The Labute approximate surface area is 83.3 Å². The molecule has 0 aromatic carbocycles. The first-order chi connectivity index (χ1) is 6.60. The van der Waals surface area contributed by atoms with Crippen LogP contribution in [-0.4, -0.2) is 10.1 Å². The molecule has 2 nitrogen and oxygen atoms in total. The third kappa shape index (κ3) is 2.16. The summed E-state index contributed by atoms with van der Waals surface area (Å²) < 4.78 is 37.5. The second-order valence-corrected chi connectivity index (χ2v) is 2.81. The molecule has 0 radical (unpaired) electrons. The first kappa shape index (κ1) is 11.3. The van der Waals surface area contributed by atoms with Gasteiger partial charge in [-0.15, -0.1) is 11.6 Å². The molecular weight excluding hydrogens is 219 g/mol. The summed E-state index contributed by atoms with van der Waals surface area (Å²) in [6.45, 7) is -0.663. The number of aromatic nitrogens is 1. The minimum absolute atomic E-state index is 0.139. The average Bonchev–Trinajstić information content (AvgIpc) is 2.17. The van der Waals surface area contributed by atoms with Crippen molar-refractivity contribution in [3.05, 3.63) is 28.8 Å². The molecule has 0 amide bonds. The van der Waals surface area contributed by atoms with Crippen LogP contribution in [0.4, 0.5) is 13.2 Å². The Morgan fingerprint density at radius 3 is 2.50 bits per heavy atom. The van der Waals surface area contributed by atoms with Crippen LogP contribution < -0.4 is 0 Å². The maximum atomic E-state index is 13.0. The van der Waals surface area contributed by atoms with Crippen molar-refractivity contribution < 1.29 is 18.3 Å². The summed E-state index contributed by atoms with van der Waals surface area (Å²) in [5.41, 5.74) is -0.976. The molecule has 1 rings (SSSR count). The minimum atomic E-state index is -2.86. The zero-order valence-corrected chi connectivity index (χ0v) is 7.73. The molecular formula is C8H7ClF3NO. The molecule has 0 spiro atoms. The number of alkyl halides is 3. The molecule has 1 aromatic heterocycles. The predicted octanol–water partition coefficient (Wildman–Crippen LogP) is 2.39. The molecule has 14 heavy (non-hydrogen) atoms. The van der Waals surface area contributed by atoms with E-state index in [0.29, 0.717) is 6.07 Å². The topological polar surface area (TPSA) is 33.1 Å². The molecule has 0 saturated carbocycles. The predicted molar refractivity (Wildman–Crippen MR) is 44.6 cm³/mol. The van der Waals surface area contributed by atoms with Gasteiger partial charge < -0.3 is 5.11 Å². The molecule has 0 aliphatic rings. The van der Waals surface area contributed by atoms with E-state index in [9.17, 15) is 13.2 Å². The molecule has 1 N–H and O–H groups in total. The lowest BCUT2D eigenvalue weighted by atomic mass is 10.2. The smallest absolute Gasteiger partial charge is 0.265 e. The van der Waals surface area contributed by atoms with Crippen LogP contribution in [0.2, 0.25) is 0 Å². The van der Waals surface area contributed by atoms with Crippen LogP contribution in [-0.2, 0) is 12.5 Å². The van der Waals surface area contributed by atoms with Gasteiger partial charge in [-0.25, -0.2) is 13.2 Å². The fourth-order valence-corrected chi connectivity index (χ4v) is 1.18. The molecule has 0 unspecified atom stereocenters. The van der Waals surface area contributed by atoms with Gasteiger partial charge in [0.15, 0.2) is 0 Å². The van der Waals surface area contributed by atoms with Gasteiger partial charge in [0.1, 0.15) is 5.82 Å². The molecule has 6 heteroatoms. The van der Waals surface area contributed by atoms with Crippen molar-refractivity contribution in [3.63, 3.8) is 0 Å². The monoisotopic (exact) mass is 225 g/mol. The van der Waals surface area contributed by atoms with E-state index in [2.05, 4.69) is 4.98 Å². The summed E-state index contributed by atoms with van der Waals surface area (Å²) in [7, 11) is 0. The Morgan fingerprint density at radius 1 is 1.43 bits per heavy atom. The van der Waals surface area contributed by atoms with Gasteiger partial charge in [0.2, 0.25) is 0 Å². The van der Waals surface area contributed by atoms with Crippen LogP contribution in [0.3, 0.4) is 0 Å². The number of hydrogen-bond donors (Lipinski definition) is 1. The summed E-state index contributed by atoms with van der Waals surface area (Å²) in [4.78, 5) is 3.49. The molecule has 0 fully saturated rings. The van der Waals surface area contributed by atoms with Crippen molar-refractivity contribution in [1.82, 2.24) is 4.98 Å². The summed E-state index contributed by atoms with van der Waals surface area (Å²) in [5, 5.41) is 8.72. The number of aliphatic hydroxyl groups excluding tert-OH is 1. The molecule has 78 valence electrons. The minimum Gasteiger partial charge on any atom is -0.390 e. The highest BCUT2D eigenvalue weighted by Gasteiger charge is 2.17. The van der Waals surface area contributed by atoms with Crippen molar-refractivity contribution in [3.8, 4) is 0 Å². The van der Waals surface area contributed by atoms with Gasteiger partial charge in [-0.05, 0) is 6.07 Å². The molecule has 0 aliphatic heterocycles. The quantitative estimate of drug-likeness (QED) is 0.802. The molecule has 0 aliphatic carbocycles. The van der Waals surface area contributed by atoms with Crippen molar-refractivity contribution in [2.24, 2.45) is 0 Å². The Morgan fingerprint density at radius 2 is 2.07 bits per heavy atom. The number of pyridine rings is 1. The third-order valence-electron chi connectivity index (χ3n) is 1.67. The van der Waals surface area contributed by atoms with Crippen LogP contribution >= 0.6 is 11.6 Å². The Kier molecular flexibility index (Phi) is 3.71. The van der Waals surface area contributed by atoms with Gasteiger partial charge in [-0.1, -0.05) is 0 Å². The van der Waals surface area contributed by atoms with Crippen LogP contribution in [0.25, 0.3) is 0 Å². The largest absolute Gasteiger partial charge is 0.390 e. The van der Waals surface area contributed by atoms with Gasteiger partial charge >= 0.3 is 0 Å². The van der Waals surface area contributed by atoms with Crippen molar-refractivity contribution in [1.29, 1.82) is 0 Å². The zero-order valence-electron chi connectivity index (χ0n) is 6.98. The van der Waals surface area contributed by atoms with Gasteiger partial charge in [0, 0.05) is 5.56 Å². The summed E-state index contributed by atoms with van der Waals surface area (Å²) in [5.74, 6) is -1.10. The van der Waals surface area contributed by atoms with Gasteiger partial charge in [0.25, 0.3) is 6.43 Å². The van der Waals surface area contributed by atoms with E-state index in [1.807, 2.05) is 0 Å². The summed E-state index contributed by atoms with van der Waals surface area (Å²) >= 11 is 5.32. The van der Waals surface area contributed by atoms with E-state index in [1.165, 1.54) is 0 Å². The molecule has 0 bridgehead atoms. The standard InChI is InChI=1S/C8H7ClF3NO/c9-2-6-5(10)1-4(8(11)12)7(3-14)13-6/h1,8,14H,2-3H2. The van der Waals surface area contributed by atoms with Crippen LogP contribution in [0, 0.1) is 5.82 Å². The number of nitrogens with zero attached hydrogens (tertiary/aromatic N) is 1. The fraction of sp³-hybridized carbons (Fsp3) is 0.375. The van der Waals surface area contributed by atoms with Crippen LogP contribution in [0.1, 0.15) is 23.4 Å². The summed E-state index contributed by atoms with van der Waals surface area (Å²) in [6, 6.07) is 0.654. The number of aliphatic hydroxyl groups is 1. The highest BCUT2D eigenvalue weighted by Crippen LogP contribution is 2.24. The maximum Gasteiger partial charge on any atom is 0.265 e. The third-order valence-corrected chi connectivity index (χ3v) is 1.93. The first-order valence-corrected chi connectivity index (χ1v) is 4.26. The van der Waals surface area contributed by atoms with Gasteiger partial charge in [-0.2, -0.15) is 0 Å². The summed E-state index contributed by atoms with van der Waals surface area (Å²) in [6.07, 6.45) is -2.86. The van der Waals surface area contributed by atoms with E-state index < -0.39 is 24.4 Å². The lowest BCUT2D eigenvalue weighted by molar-refractivity contribution is 0.145. The van der Waals surface area contributed by atoms with Crippen molar-refractivity contribution >= 4 is 11.6 Å². The lowest BCUT2D eigenvalue weighted by Gasteiger charge is -2.07. The van der Waals surface area contributed by atoms with E-state index in [-0.39, 0.29) is 17.3 Å². The average molecular weight is 226 g/mol. The van der Waals surface area contributed by atoms with E-state index >= 15 is 0 Å². The van der Waals surface area contributed by atoms with Crippen molar-refractivity contribution in [2.75, 3.05) is 0 Å². The maximum absolute atomic E-state index is 13.0.